The van der Waals surface area contributed by atoms with Crippen LogP contribution in [0.25, 0.3) is 236 Å². The summed E-state index contributed by atoms with van der Waals surface area (Å²) in [6, 6.07) is 148. The number of para-hydroxylation sites is 2. The number of rotatable bonds is 19. The number of hydrogen-bond acceptors (Lipinski definition) is 15. The molecule has 0 fully saturated rings. The first-order valence-electron chi connectivity index (χ1n) is 46.2. The van der Waals surface area contributed by atoms with Crippen molar-refractivity contribution in [3.05, 3.63) is 503 Å². The predicted octanol–water partition coefficient (Wildman–Crippen LogP) is 29.8. The molecule has 11 aromatic carbocycles. The average molecular weight is 1830 g/mol. The third-order valence-corrected chi connectivity index (χ3v) is 24.3. The maximum absolute atomic E-state index is 13.7. The molecule has 0 spiro atoms. The van der Waals surface area contributed by atoms with Crippen LogP contribution in [-0.4, -0.2) is 79.3 Å². The second-order valence-corrected chi connectivity index (χ2v) is 33.5. The van der Waals surface area contributed by atoms with Crippen LogP contribution >= 0.6 is 0 Å². The summed E-state index contributed by atoms with van der Waals surface area (Å²) in [7, 11) is 0. The van der Waals surface area contributed by atoms with Gasteiger partial charge in [-0.1, -0.05) is 285 Å². The summed E-state index contributed by atoms with van der Waals surface area (Å²) >= 11 is 0. The Morgan fingerprint density at radius 1 is 0.183 bits per heavy atom. The van der Waals surface area contributed by atoms with Crippen LogP contribution in [0.15, 0.2) is 486 Å². The number of pyridine rings is 9. The van der Waals surface area contributed by atoms with Crippen molar-refractivity contribution >= 4 is 27.5 Å². The number of halogens is 1. The van der Waals surface area contributed by atoms with E-state index >= 15 is 0 Å². The fourth-order valence-electron chi connectivity index (χ4n) is 17.1. The molecule has 0 saturated carbocycles. The van der Waals surface area contributed by atoms with Gasteiger partial charge in [-0.15, -0.1) is 0 Å². The van der Waals surface area contributed by atoms with Gasteiger partial charge in [0.15, 0.2) is 23.2 Å². The van der Waals surface area contributed by atoms with Crippen molar-refractivity contribution in [3.8, 4) is 209 Å². The lowest BCUT2D eigenvalue weighted by Crippen LogP contribution is -1.97. The Morgan fingerprint density at radius 2 is 0.430 bits per heavy atom. The van der Waals surface area contributed by atoms with Gasteiger partial charge < -0.3 is 4.57 Å². The first kappa shape index (κ1) is 87.6. The zero-order valence-electron chi connectivity index (χ0n) is 76.2. The van der Waals surface area contributed by atoms with E-state index in [1.807, 2.05) is 297 Å². The minimum absolute atomic E-state index is 0.283. The van der Waals surface area contributed by atoms with Gasteiger partial charge in [0.25, 0.3) is 0 Å². The molecule has 24 rings (SSSR count). The molecule has 0 aliphatic carbocycles. The highest BCUT2D eigenvalue weighted by molar-refractivity contribution is 6.09. The van der Waals surface area contributed by atoms with Crippen molar-refractivity contribution in [2.24, 2.45) is 0 Å². The molecule has 18 heteroatoms. The molecule has 24 aromatic rings. The standard InChI is InChI=1S/C49H32N6.C38H24N6.C37H24FN5/c1-3-13-34(14-4-1)43-31-44(35-15-5-2-6-16-35)54-49(53-43)36-24-27-42(51-32-36)46-30-37(29-45(52-46)41-19-11-12-28-50-41)33-22-25-38(26-23-33)55-47-20-9-7-17-39(47)40-18-8-10-21-48(40)55;1-39-31-18-15-26(16-19-31)30-22-36(32-14-8-9-21-40-32)42-37(23-30)33-20-17-29(25-41-33)38-43-34(27-10-4-2-5-11-27)24-35(44-38)28-12-6-3-7-13-28;38-30-17-14-25(15-18-30)29-21-35(31-13-7-8-20-39-31)41-36(22-29)32-19-16-28(24-40-32)37-42-33(26-9-3-1-4-10-26)23-34(43-37)27-11-5-2-6-12-27/h1-32H;2-25H;1-24H. The van der Waals surface area contributed by atoms with Gasteiger partial charge in [0.1, 0.15) is 5.82 Å². The summed E-state index contributed by atoms with van der Waals surface area (Å²) in [6.45, 7) is 7.29. The van der Waals surface area contributed by atoms with Gasteiger partial charge in [0.05, 0.1) is 120 Å². The highest BCUT2D eigenvalue weighted by Crippen LogP contribution is 2.40. The van der Waals surface area contributed by atoms with Crippen LogP contribution < -0.4 is 0 Å². The molecule has 0 bridgehead atoms. The topological polar surface area (TPSA) is 203 Å². The molecule has 13 heterocycles. The minimum atomic E-state index is -0.283. The maximum atomic E-state index is 13.7. The number of nitrogens with zero attached hydrogens (tertiary/aromatic N) is 17. The molecule has 0 N–H and O–H groups in total. The third kappa shape index (κ3) is 19.5. The van der Waals surface area contributed by atoms with Crippen molar-refractivity contribution < 1.29 is 4.39 Å². The first-order chi connectivity index (χ1) is 70.2. The fraction of sp³-hybridized carbons (Fsp3) is 0. The Morgan fingerprint density at radius 3 is 0.690 bits per heavy atom. The van der Waals surface area contributed by atoms with E-state index in [0.717, 1.165) is 163 Å². The minimum Gasteiger partial charge on any atom is -0.309 e. The van der Waals surface area contributed by atoms with Crippen LogP contribution in [0.1, 0.15) is 0 Å². The summed E-state index contributed by atoms with van der Waals surface area (Å²) in [4.78, 5) is 76.3. The van der Waals surface area contributed by atoms with Crippen molar-refractivity contribution in [2.75, 3.05) is 0 Å². The summed E-state index contributed by atoms with van der Waals surface area (Å²) in [5, 5.41) is 2.48. The molecule has 0 amide bonds. The van der Waals surface area contributed by atoms with Crippen LogP contribution in [0.4, 0.5) is 10.1 Å². The smallest absolute Gasteiger partial charge is 0.187 e. The summed E-state index contributed by atoms with van der Waals surface area (Å²) in [5.74, 6) is 1.51. The van der Waals surface area contributed by atoms with Gasteiger partial charge in [0.2, 0.25) is 0 Å². The van der Waals surface area contributed by atoms with E-state index in [1.54, 1.807) is 43.1 Å². The normalized spacial score (nSPS) is 11.0. The van der Waals surface area contributed by atoms with Crippen LogP contribution in [0.5, 0.6) is 0 Å². The number of aromatic nitrogens is 16. The van der Waals surface area contributed by atoms with E-state index in [-0.39, 0.29) is 5.82 Å². The Balaban J connectivity index is 0.000000123. The molecular formula is C124H80FN17. The van der Waals surface area contributed by atoms with Crippen molar-refractivity contribution in [1.29, 1.82) is 0 Å². The first-order valence-corrected chi connectivity index (χ1v) is 46.2. The molecule has 0 radical (unpaired) electrons. The molecule has 0 aliphatic heterocycles. The van der Waals surface area contributed by atoms with E-state index in [4.69, 9.17) is 66.4 Å². The number of hydrogen-bond donors (Lipinski definition) is 0. The van der Waals surface area contributed by atoms with Gasteiger partial charge in [0, 0.05) is 104 Å². The fourth-order valence-corrected chi connectivity index (χ4v) is 17.1. The number of fused-ring (bicyclic) bond motifs is 3. The SMILES string of the molecule is Fc1ccc(-c2cc(-c3ccccn3)nc(-c3ccc(-c4nc(-c5ccccc5)cc(-c5ccccc5)n4)cn3)c2)cc1.[C-]#[N+]c1ccc(-c2cc(-c3ccccn3)nc(-c3ccc(-c4nc(-c5ccccc5)cc(-c5ccccc5)n4)cn3)c2)cc1.c1ccc(-c2cc(-c3ccccc3)nc(-c3ccc(-c4cc(-c5ccc(-n6c7ccccc7c7ccccc76)cc5)cc(-c5ccccn5)n4)nc3)n2)cc1. The Labute approximate surface area is 818 Å². The molecule has 668 valence electrons. The zero-order chi connectivity index (χ0) is 95.3. The highest BCUT2D eigenvalue weighted by Gasteiger charge is 2.22. The molecule has 17 nitrogen and oxygen atoms in total. The molecule has 13 aromatic heterocycles. The molecule has 0 saturated heterocycles. The Kier molecular flexibility index (Phi) is 24.9. The lowest BCUT2D eigenvalue weighted by molar-refractivity contribution is 0.628. The van der Waals surface area contributed by atoms with Crippen molar-refractivity contribution in [1.82, 2.24) is 79.3 Å². The lowest BCUT2D eigenvalue weighted by atomic mass is 10.0. The van der Waals surface area contributed by atoms with E-state index < -0.39 is 0 Å². The molecule has 142 heavy (non-hydrogen) atoms. The third-order valence-electron chi connectivity index (χ3n) is 24.3. The molecule has 0 unspecified atom stereocenters. The summed E-state index contributed by atoms with van der Waals surface area (Å²) in [6.07, 6.45) is 10.7. The van der Waals surface area contributed by atoms with Gasteiger partial charge in [-0.05, 0) is 197 Å². The Hall–Kier alpha value is -19.8. The van der Waals surface area contributed by atoms with Gasteiger partial charge in [-0.3, -0.25) is 29.9 Å². The summed E-state index contributed by atoms with van der Waals surface area (Å²) < 4.78 is 16.0. The van der Waals surface area contributed by atoms with Gasteiger partial charge in [-0.2, -0.15) is 0 Å². The second kappa shape index (κ2) is 40.4. The largest absolute Gasteiger partial charge is 0.309 e. The van der Waals surface area contributed by atoms with E-state index in [1.165, 1.54) is 33.9 Å². The quantitative estimate of drug-likeness (QED) is 0.0691. The van der Waals surface area contributed by atoms with Crippen molar-refractivity contribution in [2.45, 2.75) is 0 Å². The second-order valence-electron chi connectivity index (χ2n) is 33.5. The van der Waals surface area contributed by atoms with Crippen LogP contribution in [-0.2, 0) is 0 Å². The summed E-state index contributed by atoms with van der Waals surface area (Å²) in [5.41, 5.74) is 32.3. The average Bonchev–Trinajstić information content (AvgIpc) is 1.58. The van der Waals surface area contributed by atoms with Gasteiger partial charge in [-0.25, -0.2) is 54.1 Å². The van der Waals surface area contributed by atoms with E-state index in [2.05, 4.69) is 158 Å². The lowest BCUT2D eigenvalue weighted by Gasteiger charge is -2.12. The monoisotopic (exact) mass is 1830 g/mol. The van der Waals surface area contributed by atoms with Crippen LogP contribution in [0.3, 0.4) is 0 Å². The van der Waals surface area contributed by atoms with Crippen LogP contribution in [0, 0.1) is 12.4 Å². The Bertz CT molecular complexity index is 8400. The number of benzene rings is 11. The zero-order valence-corrected chi connectivity index (χ0v) is 76.2. The van der Waals surface area contributed by atoms with E-state index in [9.17, 15) is 4.39 Å². The van der Waals surface area contributed by atoms with Gasteiger partial charge >= 0.3 is 0 Å². The maximum Gasteiger partial charge on any atom is 0.187 e. The van der Waals surface area contributed by atoms with Crippen molar-refractivity contribution in [3.63, 3.8) is 0 Å². The molecule has 0 aliphatic rings. The predicted molar refractivity (Wildman–Crippen MR) is 565 cm³/mol. The van der Waals surface area contributed by atoms with Crippen LogP contribution in [0.2, 0.25) is 0 Å². The highest BCUT2D eigenvalue weighted by atomic mass is 19.1. The van der Waals surface area contributed by atoms with E-state index in [0.29, 0.717) is 51.6 Å². The molecule has 0 atom stereocenters. The molecular weight excluding hydrogens is 1750 g/mol.